The van der Waals surface area contributed by atoms with Crippen molar-refractivity contribution in [2.75, 3.05) is 16.8 Å². The van der Waals surface area contributed by atoms with Crippen molar-refractivity contribution >= 4 is 29.3 Å². The minimum absolute atomic E-state index is 0.163. The number of carbonyl (C=O) groups is 1. The fraction of sp³-hybridized carbons (Fsp3) is 0.333. The fourth-order valence-corrected chi connectivity index (χ4v) is 2.78. The molecule has 1 atom stereocenters. The summed E-state index contributed by atoms with van der Waals surface area (Å²) in [6, 6.07) is 9.04. The number of nitriles is 1. The van der Waals surface area contributed by atoms with Crippen molar-refractivity contribution < 1.29 is 4.79 Å². The highest BCUT2D eigenvalue weighted by molar-refractivity contribution is 7.99. The molecule has 3 N–H and O–H groups in total. The molecule has 8 heteroatoms. The summed E-state index contributed by atoms with van der Waals surface area (Å²) in [7, 11) is 0. The van der Waals surface area contributed by atoms with Gasteiger partial charge in [0.05, 0.1) is 11.8 Å². The maximum absolute atomic E-state index is 12.6. The zero-order valence-corrected chi connectivity index (χ0v) is 13.8. The third-order valence-electron chi connectivity index (χ3n) is 3.28. The minimum Gasteiger partial charge on any atom is -0.368 e. The van der Waals surface area contributed by atoms with Crippen LogP contribution >= 0.6 is 11.8 Å². The van der Waals surface area contributed by atoms with E-state index in [1.807, 2.05) is 44.2 Å². The summed E-state index contributed by atoms with van der Waals surface area (Å²) in [4.78, 5) is 12.6. The molecule has 1 heterocycles. The van der Waals surface area contributed by atoms with E-state index in [-0.39, 0.29) is 17.6 Å². The molecular formula is C15H18N6OS. The molecule has 0 saturated carbocycles. The Hall–Kier alpha value is -2.53. The molecule has 7 nitrogen and oxygen atoms in total. The number of carbonyl (C=O) groups excluding carboxylic acids is 1. The monoisotopic (exact) mass is 330 g/mol. The first-order valence-electron chi connectivity index (χ1n) is 7.14. The van der Waals surface area contributed by atoms with Crippen LogP contribution in [-0.2, 0) is 4.79 Å². The maximum atomic E-state index is 12.6. The second-order valence-corrected chi connectivity index (χ2v) is 5.88. The SMILES string of the molecule is CCC(C(=O)Nc1ccc(C)cc1)n1c(N)nnc1SCC#N. The number of nitrogens with two attached hydrogens (primary N) is 1. The van der Waals surface area contributed by atoms with Gasteiger partial charge in [-0.15, -0.1) is 10.2 Å². The number of amides is 1. The number of hydrogen-bond acceptors (Lipinski definition) is 6. The van der Waals surface area contributed by atoms with E-state index in [4.69, 9.17) is 11.0 Å². The van der Waals surface area contributed by atoms with Crippen molar-refractivity contribution in [2.45, 2.75) is 31.5 Å². The topological polar surface area (TPSA) is 110 Å². The van der Waals surface area contributed by atoms with Crippen LogP contribution in [0.2, 0.25) is 0 Å². The average Bonchev–Trinajstić information content (AvgIpc) is 2.89. The van der Waals surface area contributed by atoms with Crippen LogP contribution in [-0.4, -0.2) is 26.4 Å². The van der Waals surface area contributed by atoms with Gasteiger partial charge in [0.1, 0.15) is 6.04 Å². The number of aromatic nitrogens is 3. The second kappa shape index (κ2) is 7.65. The van der Waals surface area contributed by atoms with Crippen LogP contribution in [0.5, 0.6) is 0 Å². The number of nitrogens with zero attached hydrogens (tertiary/aromatic N) is 4. The Balaban J connectivity index is 2.22. The number of rotatable bonds is 6. The first kappa shape index (κ1) is 16.8. The van der Waals surface area contributed by atoms with Gasteiger partial charge >= 0.3 is 0 Å². The van der Waals surface area contributed by atoms with Gasteiger partial charge in [0.25, 0.3) is 0 Å². The molecule has 0 aliphatic rings. The van der Waals surface area contributed by atoms with Gasteiger partial charge in [-0.3, -0.25) is 9.36 Å². The van der Waals surface area contributed by atoms with Crippen molar-refractivity contribution in [3.05, 3.63) is 29.8 Å². The Morgan fingerprint density at radius 1 is 1.43 bits per heavy atom. The second-order valence-electron chi connectivity index (χ2n) is 4.94. The van der Waals surface area contributed by atoms with Crippen LogP contribution in [0, 0.1) is 18.3 Å². The molecular weight excluding hydrogens is 312 g/mol. The van der Waals surface area contributed by atoms with E-state index in [9.17, 15) is 4.79 Å². The van der Waals surface area contributed by atoms with E-state index in [2.05, 4.69) is 15.5 Å². The molecule has 0 bridgehead atoms. The van der Waals surface area contributed by atoms with Crippen LogP contribution in [0.3, 0.4) is 0 Å². The van der Waals surface area contributed by atoms with E-state index in [1.54, 1.807) is 4.57 Å². The fourth-order valence-electron chi connectivity index (χ4n) is 2.12. The van der Waals surface area contributed by atoms with Gasteiger partial charge in [-0.2, -0.15) is 5.26 Å². The van der Waals surface area contributed by atoms with Crippen LogP contribution < -0.4 is 11.1 Å². The van der Waals surface area contributed by atoms with Gasteiger partial charge in [-0.05, 0) is 25.5 Å². The molecule has 1 unspecified atom stereocenters. The Bertz CT molecular complexity index is 719. The molecule has 1 aromatic heterocycles. The Morgan fingerprint density at radius 2 is 2.13 bits per heavy atom. The minimum atomic E-state index is -0.535. The smallest absolute Gasteiger partial charge is 0.247 e. The number of nitrogens with one attached hydrogen (secondary N) is 1. The van der Waals surface area contributed by atoms with Crippen molar-refractivity contribution in [1.29, 1.82) is 5.26 Å². The lowest BCUT2D eigenvalue weighted by Crippen LogP contribution is -2.27. The van der Waals surface area contributed by atoms with Crippen molar-refractivity contribution in [3.8, 4) is 6.07 Å². The highest BCUT2D eigenvalue weighted by atomic mass is 32.2. The van der Waals surface area contributed by atoms with Gasteiger partial charge in [0.2, 0.25) is 11.9 Å². The summed E-state index contributed by atoms with van der Waals surface area (Å²) in [5, 5.41) is 19.8. The third kappa shape index (κ3) is 4.02. The lowest BCUT2D eigenvalue weighted by atomic mass is 10.2. The molecule has 0 radical (unpaired) electrons. The Labute approximate surface area is 138 Å². The molecule has 2 aromatic rings. The highest BCUT2D eigenvalue weighted by Crippen LogP contribution is 2.25. The number of benzene rings is 1. The molecule has 120 valence electrons. The highest BCUT2D eigenvalue weighted by Gasteiger charge is 2.24. The predicted octanol–water partition coefficient (Wildman–Crippen LogP) is 2.37. The zero-order valence-electron chi connectivity index (χ0n) is 13.0. The Kier molecular flexibility index (Phi) is 5.60. The summed E-state index contributed by atoms with van der Waals surface area (Å²) in [6.45, 7) is 3.87. The molecule has 0 saturated heterocycles. The third-order valence-corrected chi connectivity index (χ3v) is 4.09. The van der Waals surface area contributed by atoms with E-state index < -0.39 is 6.04 Å². The normalized spacial score (nSPS) is 11.7. The number of anilines is 2. The summed E-state index contributed by atoms with van der Waals surface area (Å²) in [6.07, 6.45) is 0.528. The lowest BCUT2D eigenvalue weighted by molar-refractivity contribution is -0.119. The molecule has 0 aliphatic heterocycles. The van der Waals surface area contributed by atoms with Crippen LogP contribution in [0.1, 0.15) is 24.9 Å². The molecule has 2 rings (SSSR count). The van der Waals surface area contributed by atoms with Crippen LogP contribution in [0.15, 0.2) is 29.4 Å². The van der Waals surface area contributed by atoms with Gasteiger partial charge in [-0.25, -0.2) is 0 Å². The van der Waals surface area contributed by atoms with E-state index in [1.165, 1.54) is 11.8 Å². The van der Waals surface area contributed by atoms with Crippen molar-refractivity contribution in [1.82, 2.24) is 14.8 Å². The first-order valence-corrected chi connectivity index (χ1v) is 8.13. The largest absolute Gasteiger partial charge is 0.368 e. The van der Waals surface area contributed by atoms with Gasteiger partial charge in [-0.1, -0.05) is 36.4 Å². The standard InChI is InChI=1S/C15H18N6OS/c1-3-12(13(22)18-11-6-4-10(2)5-7-11)21-14(17)19-20-15(21)23-9-8-16/h4-7,12H,3,9H2,1-2H3,(H2,17,19)(H,18,22). The first-order chi connectivity index (χ1) is 11.1. The number of hydrogen-bond donors (Lipinski definition) is 2. The molecule has 23 heavy (non-hydrogen) atoms. The summed E-state index contributed by atoms with van der Waals surface area (Å²) in [5.41, 5.74) is 7.69. The Morgan fingerprint density at radius 3 is 2.74 bits per heavy atom. The molecule has 0 spiro atoms. The summed E-state index contributed by atoms with van der Waals surface area (Å²) in [5.74, 6) is 0.187. The van der Waals surface area contributed by atoms with E-state index in [0.717, 1.165) is 11.3 Å². The zero-order chi connectivity index (χ0) is 16.8. The quantitative estimate of drug-likeness (QED) is 0.787. The van der Waals surface area contributed by atoms with Crippen molar-refractivity contribution in [2.24, 2.45) is 0 Å². The number of aryl methyl sites for hydroxylation is 1. The lowest BCUT2D eigenvalue weighted by Gasteiger charge is -2.18. The van der Waals surface area contributed by atoms with Gasteiger partial charge < -0.3 is 11.1 Å². The molecule has 1 aromatic carbocycles. The summed E-state index contributed by atoms with van der Waals surface area (Å²) < 4.78 is 1.57. The average molecular weight is 330 g/mol. The van der Waals surface area contributed by atoms with Crippen molar-refractivity contribution in [3.63, 3.8) is 0 Å². The van der Waals surface area contributed by atoms with E-state index in [0.29, 0.717) is 11.6 Å². The molecule has 0 fully saturated rings. The van der Waals surface area contributed by atoms with Gasteiger partial charge in [0.15, 0.2) is 5.16 Å². The number of nitrogen functional groups attached to an aromatic ring is 1. The maximum Gasteiger partial charge on any atom is 0.247 e. The van der Waals surface area contributed by atoms with E-state index >= 15 is 0 Å². The van der Waals surface area contributed by atoms with Crippen LogP contribution in [0.4, 0.5) is 11.6 Å². The molecule has 0 aliphatic carbocycles. The summed E-state index contributed by atoms with van der Waals surface area (Å²) >= 11 is 1.21. The number of thioether (sulfide) groups is 1. The van der Waals surface area contributed by atoms with Gasteiger partial charge in [0, 0.05) is 5.69 Å². The van der Waals surface area contributed by atoms with Crippen LogP contribution in [0.25, 0.3) is 0 Å². The molecule has 1 amide bonds. The predicted molar refractivity (Wildman–Crippen MR) is 89.9 cm³/mol.